The summed E-state index contributed by atoms with van der Waals surface area (Å²) in [6.45, 7) is 2.44. The molecule has 0 spiro atoms. The van der Waals surface area contributed by atoms with Crippen molar-refractivity contribution in [3.63, 3.8) is 0 Å². The molecule has 1 aromatic heterocycles. The first-order chi connectivity index (χ1) is 9.36. The molecule has 5 nitrogen and oxygen atoms in total. The zero-order valence-corrected chi connectivity index (χ0v) is 13.2. The number of hydrogen-bond acceptors (Lipinski definition) is 4. The second kappa shape index (κ2) is 6.09. The van der Waals surface area contributed by atoms with Crippen LogP contribution in [0.15, 0.2) is 50.4 Å². The maximum absolute atomic E-state index is 11.1. The highest BCUT2D eigenvalue weighted by atomic mass is 79.9. The Balaban J connectivity index is 1.98. The van der Waals surface area contributed by atoms with Gasteiger partial charge in [-0.15, -0.1) is 0 Å². The summed E-state index contributed by atoms with van der Waals surface area (Å²) in [4.78, 5) is 0. The van der Waals surface area contributed by atoms with Crippen molar-refractivity contribution in [2.45, 2.75) is 24.6 Å². The van der Waals surface area contributed by atoms with E-state index in [1.807, 2.05) is 31.2 Å². The van der Waals surface area contributed by atoms with Crippen LogP contribution in [0.25, 0.3) is 0 Å². The van der Waals surface area contributed by atoms with Crippen LogP contribution in [0.2, 0.25) is 0 Å². The molecule has 0 unspecified atom stereocenters. The Morgan fingerprint density at radius 1 is 1.25 bits per heavy atom. The highest BCUT2D eigenvalue weighted by Gasteiger charge is 2.13. The smallest absolute Gasteiger partial charge is 0.271 e. The summed E-state index contributed by atoms with van der Waals surface area (Å²) in [5.74, 6) is 0.526. The van der Waals surface area contributed by atoms with E-state index in [1.54, 1.807) is 6.07 Å². The highest BCUT2D eigenvalue weighted by molar-refractivity contribution is 9.10. The molecule has 2 aromatic rings. The lowest BCUT2D eigenvalue weighted by molar-refractivity contribution is 0.393. The van der Waals surface area contributed by atoms with Gasteiger partial charge in [0, 0.05) is 10.5 Å². The van der Waals surface area contributed by atoms with Gasteiger partial charge in [-0.3, -0.25) is 0 Å². The van der Waals surface area contributed by atoms with Crippen molar-refractivity contribution in [3.8, 4) is 0 Å². The summed E-state index contributed by atoms with van der Waals surface area (Å²) < 4.78 is 28.4. The Kier molecular flexibility index (Phi) is 4.64. The molecule has 1 atom stereocenters. The third-order valence-corrected chi connectivity index (χ3v) is 4.18. The van der Waals surface area contributed by atoms with E-state index >= 15 is 0 Å². The van der Waals surface area contributed by atoms with E-state index in [1.165, 1.54) is 6.07 Å². The number of halogens is 1. The van der Waals surface area contributed by atoms with Gasteiger partial charge in [-0.05, 0) is 36.8 Å². The van der Waals surface area contributed by atoms with Gasteiger partial charge in [-0.25, -0.2) is 13.6 Å². The Morgan fingerprint density at radius 3 is 2.45 bits per heavy atom. The van der Waals surface area contributed by atoms with E-state index in [0.29, 0.717) is 12.3 Å². The lowest BCUT2D eigenvalue weighted by Crippen LogP contribution is -2.17. The van der Waals surface area contributed by atoms with E-state index < -0.39 is 10.0 Å². The molecule has 2 rings (SSSR count). The van der Waals surface area contributed by atoms with Gasteiger partial charge in [0.2, 0.25) is 5.09 Å². The normalized spacial score (nSPS) is 13.3. The van der Waals surface area contributed by atoms with Crippen LogP contribution in [-0.4, -0.2) is 8.42 Å². The van der Waals surface area contributed by atoms with Crippen molar-refractivity contribution in [3.05, 3.63) is 52.2 Å². The third-order valence-electron chi connectivity index (χ3n) is 2.87. The van der Waals surface area contributed by atoms with Crippen LogP contribution >= 0.6 is 15.9 Å². The summed E-state index contributed by atoms with van der Waals surface area (Å²) in [5, 5.41) is 8.02. The number of furan rings is 1. The Morgan fingerprint density at radius 2 is 1.90 bits per heavy atom. The number of hydrogen-bond donors (Lipinski definition) is 2. The summed E-state index contributed by atoms with van der Waals surface area (Å²) in [7, 11) is -3.78. The number of nitrogens with two attached hydrogens (primary N) is 1. The number of primary sulfonamides is 1. The fourth-order valence-corrected chi connectivity index (χ4v) is 2.47. The van der Waals surface area contributed by atoms with Crippen LogP contribution in [0.3, 0.4) is 0 Å². The van der Waals surface area contributed by atoms with Crippen LogP contribution in [-0.2, 0) is 16.6 Å². The average Bonchev–Trinajstić information content (AvgIpc) is 2.85. The Bertz CT molecular complexity index is 680. The fraction of sp³-hybridized carbons (Fsp3) is 0.231. The lowest BCUT2D eigenvalue weighted by Gasteiger charge is -2.13. The zero-order valence-electron chi connectivity index (χ0n) is 10.8. The van der Waals surface area contributed by atoms with Gasteiger partial charge in [0.25, 0.3) is 10.0 Å². The van der Waals surface area contributed by atoms with Crippen molar-refractivity contribution >= 4 is 26.0 Å². The van der Waals surface area contributed by atoms with E-state index in [2.05, 4.69) is 21.2 Å². The molecular weight excluding hydrogens is 344 g/mol. The van der Waals surface area contributed by atoms with Crippen molar-refractivity contribution in [2.75, 3.05) is 0 Å². The molecule has 0 saturated carbocycles. The second-order valence-electron chi connectivity index (χ2n) is 4.42. The van der Waals surface area contributed by atoms with Crippen LogP contribution in [0.4, 0.5) is 0 Å². The molecule has 0 saturated heterocycles. The van der Waals surface area contributed by atoms with Crippen molar-refractivity contribution < 1.29 is 12.8 Å². The van der Waals surface area contributed by atoms with Gasteiger partial charge < -0.3 is 9.73 Å². The second-order valence-corrected chi connectivity index (χ2v) is 6.83. The van der Waals surface area contributed by atoms with Gasteiger partial charge in [-0.1, -0.05) is 28.1 Å². The van der Waals surface area contributed by atoms with Crippen LogP contribution in [0.5, 0.6) is 0 Å². The minimum absolute atomic E-state index is 0.117. The van der Waals surface area contributed by atoms with Crippen molar-refractivity contribution in [1.82, 2.24) is 5.32 Å². The molecule has 0 amide bonds. The van der Waals surface area contributed by atoms with E-state index in [0.717, 1.165) is 10.0 Å². The fourth-order valence-electron chi connectivity index (χ4n) is 1.73. The topological polar surface area (TPSA) is 85.3 Å². The maximum Gasteiger partial charge on any atom is 0.271 e. The quantitative estimate of drug-likeness (QED) is 0.859. The molecule has 0 fully saturated rings. The molecule has 0 bridgehead atoms. The van der Waals surface area contributed by atoms with Gasteiger partial charge in [0.15, 0.2) is 0 Å². The number of nitrogens with one attached hydrogen (secondary N) is 1. The van der Waals surface area contributed by atoms with Gasteiger partial charge >= 0.3 is 0 Å². The molecule has 1 heterocycles. The minimum atomic E-state index is -3.78. The number of benzene rings is 1. The molecule has 0 radical (unpaired) electrons. The molecule has 0 aliphatic rings. The standard InChI is InChI=1S/C13H15BrN2O3S/c1-9(10-2-4-11(14)5-3-10)16-8-12-6-7-13(19-12)20(15,17)18/h2-7,9,16H,8H2,1H3,(H2,15,17,18)/t9-/m1/s1. The highest BCUT2D eigenvalue weighted by Crippen LogP contribution is 2.18. The van der Waals surface area contributed by atoms with Crippen LogP contribution in [0.1, 0.15) is 24.3 Å². The van der Waals surface area contributed by atoms with E-state index in [9.17, 15) is 8.42 Å². The molecule has 108 valence electrons. The summed E-state index contributed by atoms with van der Waals surface area (Å²) in [6.07, 6.45) is 0. The number of rotatable bonds is 5. The molecule has 0 aliphatic heterocycles. The molecular formula is C13H15BrN2O3S. The van der Waals surface area contributed by atoms with Gasteiger partial charge in [0.1, 0.15) is 5.76 Å². The monoisotopic (exact) mass is 358 g/mol. The third kappa shape index (κ3) is 3.92. The molecule has 7 heteroatoms. The van der Waals surface area contributed by atoms with Crippen LogP contribution < -0.4 is 10.5 Å². The van der Waals surface area contributed by atoms with Gasteiger partial charge in [0.05, 0.1) is 6.54 Å². The Labute approximate surface area is 126 Å². The maximum atomic E-state index is 11.1. The predicted octanol–water partition coefficient (Wildman–Crippen LogP) is 2.54. The summed E-state index contributed by atoms with van der Waals surface area (Å²) in [5.41, 5.74) is 1.13. The molecule has 20 heavy (non-hydrogen) atoms. The first kappa shape index (κ1) is 15.2. The average molecular weight is 359 g/mol. The number of sulfonamides is 1. The van der Waals surface area contributed by atoms with Crippen molar-refractivity contribution in [1.29, 1.82) is 0 Å². The molecule has 3 N–H and O–H groups in total. The minimum Gasteiger partial charge on any atom is -0.447 e. The first-order valence-electron chi connectivity index (χ1n) is 5.96. The zero-order chi connectivity index (χ0) is 14.8. The van der Waals surface area contributed by atoms with Gasteiger partial charge in [-0.2, -0.15) is 0 Å². The SMILES string of the molecule is C[C@@H](NCc1ccc(S(N)(=O)=O)o1)c1ccc(Br)cc1. The van der Waals surface area contributed by atoms with Crippen LogP contribution in [0, 0.1) is 0 Å². The summed E-state index contributed by atoms with van der Waals surface area (Å²) >= 11 is 3.39. The predicted molar refractivity (Wildman–Crippen MR) is 79.5 cm³/mol. The molecule has 0 aliphatic carbocycles. The first-order valence-corrected chi connectivity index (χ1v) is 8.30. The summed E-state index contributed by atoms with van der Waals surface area (Å²) in [6, 6.07) is 11.0. The lowest BCUT2D eigenvalue weighted by atomic mass is 10.1. The Hall–Kier alpha value is -1.15. The van der Waals surface area contributed by atoms with E-state index in [4.69, 9.17) is 9.56 Å². The molecule has 1 aromatic carbocycles. The van der Waals surface area contributed by atoms with Crippen molar-refractivity contribution in [2.24, 2.45) is 5.14 Å². The largest absolute Gasteiger partial charge is 0.447 e. The van der Waals surface area contributed by atoms with E-state index in [-0.39, 0.29) is 11.1 Å².